The van der Waals surface area contributed by atoms with Gasteiger partial charge in [0.25, 0.3) is 0 Å². The summed E-state index contributed by atoms with van der Waals surface area (Å²) in [6, 6.07) is 4.84. The Kier molecular flexibility index (Phi) is 5.61. The van der Waals surface area contributed by atoms with Crippen molar-refractivity contribution in [2.75, 3.05) is 17.6 Å². The molecule has 8 heteroatoms. The van der Waals surface area contributed by atoms with E-state index in [9.17, 15) is 4.79 Å². The molecule has 24 heavy (non-hydrogen) atoms. The van der Waals surface area contributed by atoms with Gasteiger partial charge in [-0.3, -0.25) is 9.69 Å². The normalized spacial score (nSPS) is 18.5. The first-order valence-corrected chi connectivity index (χ1v) is 9.30. The second kappa shape index (κ2) is 7.70. The summed E-state index contributed by atoms with van der Waals surface area (Å²) < 4.78 is 0. The van der Waals surface area contributed by atoms with E-state index in [2.05, 4.69) is 15.2 Å². The van der Waals surface area contributed by atoms with E-state index in [0.717, 1.165) is 30.7 Å². The van der Waals surface area contributed by atoms with Gasteiger partial charge in [-0.25, -0.2) is 4.98 Å². The molecular weight excluding hydrogens is 367 g/mol. The van der Waals surface area contributed by atoms with Crippen LogP contribution in [0, 0.1) is 0 Å². The van der Waals surface area contributed by atoms with Crippen LogP contribution in [0.25, 0.3) is 0 Å². The molecule has 3 rings (SSSR count). The Morgan fingerprint density at radius 3 is 3.00 bits per heavy atom. The fourth-order valence-corrected chi connectivity index (χ4v) is 3.93. The van der Waals surface area contributed by atoms with Gasteiger partial charge in [0.15, 0.2) is 5.13 Å². The number of hydrogen-bond acceptors (Lipinski definition) is 5. The molecule has 0 radical (unpaired) electrons. The highest BCUT2D eigenvalue weighted by Crippen LogP contribution is 2.28. The average molecular weight is 385 g/mol. The van der Waals surface area contributed by atoms with Crippen LogP contribution in [-0.4, -0.2) is 28.4 Å². The lowest BCUT2D eigenvalue weighted by atomic mass is 10.0. The number of halogens is 2. The van der Waals surface area contributed by atoms with Gasteiger partial charge in [0.1, 0.15) is 0 Å². The van der Waals surface area contributed by atoms with Crippen LogP contribution in [0.5, 0.6) is 0 Å². The zero-order chi connectivity index (χ0) is 17.1. The number of nitrogens with zero attached hydrogens (tertiary/aromatic N) is 2. The predicted octanol–water partition coefficient (Wildman–Crippen LogP) is 4.03. The molecule has 3 N–H and O–H groups in total. The number of amides is 1. The smallest absolute Gasteiger partial charge is 0.241 e. The van der Waals surface area contributed by atoms with Crippen LogP contribution in [0.15, 0.2) is 24.4 Å². The number of likely N-dealkylation sites (tertiary alicyclic amines) is 1. The van der Waals surface area contributed by atoms with E-state index in [1.807, 2.05) is 0 Å². The molecule has 1 amide bonds. The molecule has 1 fully saturated rings. The third-order valence-electron chi connectivity index (χ3n) is 4.03. The molecule has 0 bridgehead atoms. The minimum absolute atomic E-state index is 0.0589. The van der Waals surface area contributed by atoms with Crippen molar-refractivity contribution in [2.24, 2.45) is 0 Å². The molecular formula is C16H18Cl2N4OS. The largest absolute Gasteiger partial charge is 0.375 e. The van der Waals surface area contributed by atoms with E-state index in [0.29, 0.717) is 27.4 Å². The summed E-state index contributed by atoms with van der Waals surface area (Å²) >= 11 is 13.6. The van der Waals surface area contributed by atoms with E-state index in [-0.39, 0.29) is 11.9 Å². The van der Waals surface area contributed by atoms with Gasteiger partial charge in [0.2, 0.25) is 5.91 Å². The monoisotopic (exact) mass is 384 g/mol. The summed E-state index contributed by atoms with van der Waals surface area (Å²) in [6.07, 6.45) is 4.70. The van der Waals surface area contributed by atoms with Crippen LogP contribution >= 0.6 is 34.5 Å². The minimum Gasteiger partial charge on any atom is -0.375 e. The first-order valence-electron chi connectivity index (χ1n) is 7.73. The molecule has 1 atom stereocenters. The van der Waals surface area contributed by atoms with Crippen LogP contribution in [0.3, 0.4) is 0 Å². The number of nitrogen functional groups attached to an aromatic ring is 1. The van der Waals surface area contributed by atoms with Crippen LogP contribution in [0.2, 0.25) is 10.0 Å². The number of hydrogen-bond donors (Lipinski definition) is 2. The van der Waals surface area contributed by atoms with Gasteiger partial charge < -0.3 is 11.1 Å². The van der Waals surface area contributed by atoms with Gasteiger partial charge in [-0.1, -0.05) is 29.6 Å². The fourth-order valence-electron chi connectivity index (χ4n) is 2.88. The van der Waals surface area contributed by atoms with E-state index < -0.39 is 0 Å². The summed E-state index contributed by atoms with van der Waals surface area (Å²) in [5.41, 5.74) is 6.24. The minimum atomic E-state index is -0.197. The Labute approximate surface area is 154 Å². The van der Waals surface area contributed by atoms with Gasteiger partial charge in [0.05, 0.1) is 16.8 Å². The number of piperidine rings is 1. The zero-order valence-electron chi connectivity index (χ0n) is 13.0. The Morgan fingerprint density at radius 1 is 1.42 bits per heavy atom. The van der Waals surface area contributed by atoms with E-state index >= 15 is 0 Å². The SMILES string of the molecule is Nc1ncc(CN2CCCCC2C(=O)Nc2cc(Cl)ccc2Cl)s1. The van der Waals surface area contributed by atoms with E-state index in [4.69, 9.17) is 28.9 Å². The van der Waals surface area contributed by atoms with Crippen LogP contribution in [0.1, 0.15) is 24.1 Å². The number of aromatic nitrogens is 1. The number of anilines is 2. The molecule has 1 aliphatic rings. The molecule has 0 aliphatic carbocycles. The molecule has 5 nitrogen and oxygen atoms in total. The number of nitrogens with two attached hydrogens (primary N) is 1. The number of nitrogens with one attached hydrogen (secondary N) is 1. The van der Waals surface area contributed by atoms with E-state index in [1.165, 1.54) is 11.3 Å². The van der Waals surface area contributed by atoms with Crippen LogP contribution < -0.4 is 11.1 Å². The van der Waals surface area contributed by atoms with E-state index in [1.54, 1.807) is 24.4 Å². The number of thiazole rings is 1. The van der Waals surface area contributed by atoms with Gasteiger partial charge >= 0.3 is 0 Å². The Bertz CT molecular complexity index is 737. The molecule has 0 spiro atoms. The van der Waals surface area contributed by atoms with Crippen molar-refractivity contribution < 1.29 is 4.79 Å². The molecule has 2 aromatic rings. The van der Waals surface area contributed by atoms with Crippen molar-refractivity contribution in [3.8, 4) is 0 Å². The van der Waals surface area contributed by atoms with Gasteiger partial charge in [0, 0.05) is 22.6 Å². The van der Waals surface area contributed by atoms with Gasteiger partial charge in [-0.05, 0) is 37.6 Å². The van der Waals surface area contributed by atoms with Crippen LogP contribution in [-0.2, 0) is 11.3 Å². The summed E-state index contributed by atoms with van der Waals surface area (Å²) in [4.78, 5) is 20.1. The second-order valence-corrected chi connectivity index (χ2v) is 7.75. The first-order chi connectivity index (χ1) is 11.5. The lowest BCUT2D eigenvalue weighted by molar-refractivity contribution is -0.122. The molecule has 1 unspecified atom stereocenters. The maximum Gasteiger partial charge on any atom is 0.241 e. The molecule has 1 saturated heterocycles. The van der Waals surface area contributed by atoms with Gasteiger partial charge in [-0.2, -0.15) is 0 Å². The molecule has 2 heterocycles. The predicted molar refractivity (Wildman–Crippen MR) is 99.7 cm³/mol. The van der Waals surface area contributed by atoms with Crippen molar-refractivity contribution in [3.05, 3.63) is 39.3 Å². The number of benzene rings is 1. The maximum absolute atomic E-state index is 12.7. The third kappa shape index (κ3) is 4.19. The summed E-state index contributed by atoms with van der Waals surface area (Å²) in [5.74, 6) is -0.0589. The topological polar surface area (TPSA) is 71.2 Å². The highest BCUT2D eigenvalue weighted by atomic mass is 35.5. The molecule has 1 aliphatic heterocycles. The molecule has 128 valence electrons. The Hall–Kier alpha value is -1.34. The Morgan fingerprint density at radius 2 is 2.25 bits per heavy atom. The van der Waals surface area contributed by atoms with Gasteiger partial charge in [-0.15, -0.1) is 11.3 Å². The summed E-state index contributed by atoms with van der Waals surface area (Å²) in [6.45, 7) is 1.55. The van der Waals surface area contributed by atoms with Crippen molar-refractivity contribution >= 4 is 51.3 Å². The fraction of sp³-hybridized carbons (Fsp3) is 0.375. The van der Waals surface area contributed by atoms with Crippen molar-refractivity contribution in [2.45, 2.75) is 31.8 Å². The highest BCUT2D eigenvalue weighted by Gasteiger charge is 2.29. The summed E-state index contributed by atoms with van der Waals surface area (Å²) in [7, 11) is 0. The summed E-state index contributed by atoms with van der Waals surface area (Å²) in [5, 5.41) is 4.47. The lowest BCUT2D eigenvalue weighted by Crippen LogP contribution is -2.46. The molecule has 1 aromatic heterocycles. The quantitative estimate of drug-likeness (QED) is 0.834. The second-order valence-electron chi connectivity index (χ2n) is 5.76. The number of rotatable bonds is 4. The third-order valence-corrected chi connectivity index (χ3v) is 5.41. The Balaban J connectivity index is 1.72. The maximum atomic E-state index is 12.7. The average Bonchev–Trinajstić information content (AvgIpc) is 2.96. The standard InChI is InChI=1S/C16H18Cl2N4OS/c17-10-4-5-12(18)13(7-10)21-15(23)14-3-1-2-6-22(14)9-11-8-20-16(19)24-11/h4-5,7-8,14H,1-3,6,9H2,(H2,19,20)(H,21,23). The molecule has 0 saturated carbocycles. The highest BCUT2D eigenvalue weighted by molar-refractivity contribution is 7.15. The van der Waals surface area contributed by atoms with Crippen molar-refractivity contribution in [3.63, 3.8) is 0 Å². The molecule has 1 aromatic carbocycles. The number of carbonyl (C=O) groups is 1. The van der Waals surface area contributed by atoms with Crippen molar-refractivity contribution in [1.29, 1.82) is 0 Å². The first kappa shape index (κ1) is 17.5. The van der Waals surface area contributed by atoms with Crippen LogP contribution in [0.4, 0.5) is 10.8 Å². The zero-order valence-corrected chi connectivity index (χ0v) is 15.3. The lowest BCUT2D eigenvalue weighted by Gasteiger charge is -2.34. The van der Waals surface area contributed by atoms with Crippen molar-refractivity contribution in [1.82, 2.24) is 9.88 Å². The number of carbonyl (C=O) groups excluding carboxylic acids is 1.